The number of rotatable bonds is 8. The third kappa shape index (κ3) is 5.48. The van der Waals surface area contributed by atoms with Crippen molar-refractivity contribution in [2.45, 2.75) is 44.4 Å². The van der Waals surface area contributed by atoms with Crippen molar-refractivity contribution in [3.63, 3.8) is 0 Å². The number of aliphatic hydroxyl groups excluding tert-OH is 1. The molecule has 2 saturated carbocycles. The Hall–Kier alpha value is -1.31. The maximum Gasteiger partial charge on any atom is 0.416 e. The van der Waals surface area contributed by atoms with Gasteiger partial charge in [0.25, 0.3) is 0 Å². The summed E-state index contributed by atoms with van der Waals surface area (Å²) in [6.45, 7) is 4.38. The molecule has 168 valence electrons. The van der Waals surface area contributed by atoms with E-state index in [-0.39, 0.29) is 0 Å². The second kappa shape index (κ2) is 9.45. The van der Waals surface area contributed by atoms with Gasteiger partial charge in [0.15, 0.2) is 0 Å². The Bertz CT molecular complexity index is 691. The van der Waals surface area contributed by atoms with Gasteiger partial charge in [-0.05, 0) is 61.6 Å². The van der Waals surface area contributed by atoms with Gasteiger partial charge in [-0.3, -0.25) is 4.90 Å². The highest BCUT2D eigenvalue weighted by molar-refractivity contribution is 5.49. The summed E-state index contributed by atoms with van der Waals surface area (Å²) in [5, 5.41) is 10.3. The number of fused-ring (bicyclic) bond motifs is 2. The number of β-amino-alcohol motifs (C(OH)–C–C–N with tert-alkyl or cyclic N) is 1. The minimum atomic E-state index is -4.32. The molecule has 1 aliphatic heterocycles. The summed E-state index contributed by atoms with van der Waals surface area (Å²) >= 11 is 0. The van der Waals surface area contributed by atoms with E-state index in [4.69, 9.17) is 4.74 Å². The maximum absolute atomic E-state index is 12.9. The van der Waals surface area contributed by atoms with Crippen LogP contribution >= 0.6 is 0 Å². The maximum atomic E-state index is 12.9. The molecule has 30 heavy (non-hydrogen) atoms. The zero-order valence-corrected chi connectivity index (χ0v) is 17.5. The zero-order valence-electron chi connectivity index (χ0n) is 17.5. The lowest BCUT2D eigenvalue weighted by Gasteiger charge is -2.37. The van der Waals surface area contributed by atoms with Crippen molar-refractivity contribution in [1.82, 2.24) is 4.90 Å². The van der Waals surface area contributed by atoms with Gasteiger partial charge in [0.1, 0.15) is 0 Å². The number of alkyl halides is 3. The van der Waals surface area contributed by atoms with Crippen LogP contribution in [-0.2, 0) is 10.9 Å². The number of nitrogens with zero attached hydrogens (tertiary/aromatic N) is 2. The fourth-order valence-corrected chi connectivity index (χ4v) is 5.60. The van der Waals surface area contributed by atoms with Gasteiger partial charge in [-0.15, -0.1) is 0 Å². The molecule has 2 bridgehead atoms. The van der Waals surface area contributed by atoms with Crippen molar-refractivity contribution in [2.75, 3.05) is 50.8 Å². The molecule has 0 amide bonds. The first-order valence-electron chi connectivity index (χ1n) is 11.3. The number of anilines is 1. The molecule has 4 rings (SSSR count). The number of ether oxygens (including phenoxy) is 1. The number of aliphatic hydroxyl groups is 1. The van der Waals surface area contributed by atoms with Crippen LogP contribution in [0.5, 0.6) is 0 Å². The Kier molecular flexibility index (Phi) is 6.90. The van der Waals surface area contributed by atoms with Crippen LogP contribution in [0.1, 0.15) is 37.7 Å². The predicted molar refractivity (Wildman–Crippen MR) is 110 cm³/mol. The number of halogens is 3. The summed E-state index contributed by atoms with van der Waals surface area (Å²) in [6, 6.07) is 5.51. The molecule has 0 aromatic heterocycles. The second-order valence-corrected chi connectivity index (χ2v) is 9.29. The van der Waals surface area contributed by atoms with Crippen LogP contribution < -0.4 is 4.90 Å². The molecule has 0 radical (unpaired) electrons. The first-order valence-corrected chi connectivity index (χ1v) is 11.3. The molecule has 1 saturated heterocycles. The second-order valence-electron chi connectivity index (χ2n) is 9.29. The Morgan fingerprint density at radius 3 is 2.57 bits per heavy atom. The molecule has 1 N–H and O–H groups in total. The van der Waals surface area contributed by atoms with Crippen LogP contribution in [0.15, 0.2) is 24.3 Å². The SMILES string of the molecule is O[C@H](COCC[C@@H]1C[C@@H]2CC[C@@H]1C2)CN1CCN(c2cccc(C(F)(F)F)c2)CC1. The van der Waals surface area contributed by atoms with E-state index in [1.54, 1.807) is 6.07 Å². The predicted octanol–water partition coefficient (Wildman–Crippen LogP) is 4.03. The zero-order chi connectivity index (χ0) is 21.1. The van der Waals surface area contributed by atoms with E-state index in [0.29, 0.717) is 31.9 Å². The molecule has 0 unspecified atom stereocenters. The van der Waals surface area contributed by atoms with Crippen LogP contribution in [0.2, 0.25) is 0 Å². The van der Waals surface area contributed by atoms with E-state index in [9.17, 15) is 18.3 Å². The summed E-state index contributed by atoms with van der Waals surface area (Å²) < 4.78 is 44.5. The number of hydrogen-bond acceptors (Lipinski definition) is 4. The van der Waals surface area contributed by atoms with Crippen molar-refractivity contribution >= 4 is 5.69 Å². The Balaban J connectivity index is 1.13. The lowest BCUT2D eigenvalue weighted by Crippen LogP contribution is -2.49. The smallest absolute Gasteiger partial charge is 0.389 e. The fraction of sp³-hybridized carbons (Fsp3) is 0.739. The summed E-state index contributed by atoms with van der Waals surface area (Å²) in [4.78, 5) is 4.14. The van der Waals surface area contributed by atoms with Gasteiger partial charge in [0, 0.05) is 45.0 Å². The molecular formula is C23H33F3N2O2. The highest BCUT2D eigenvalue weighted by Gasteiger charge is 2.38. The van der Waals surface area contributed by atoms with E-state index < -0.39 is 17.8 Å². The molecule has 1 aromatic carbocycles. The van der Waals surface area contributed by atoms with E-state index in [1.807, 2.05) is 4.90 Å². The van der Waals surface area contributed by atoms with E-state index in [2.05, 4.69) is 4.90 Å². The first kappa shape index (κ1) is 21.9. The third-order valence-corrected chi connectivity index (χ3v) is 7.21. The molecule has 1 heterocycles. The van der Waals surface area contributed by atoms with Gasteiger partial charge in [-0.2, -0.15) is 13.2 Å². The lowest BCUT2D eigenvalue weighted by atomic mass is 9.87. The normalized spacial score (nSPS) is 28.3. The number of piperazine rings is 1. The average molecular weight is 427 g/mol. The lowest BCUT2D eigenvalue weighted by molar-refractivity contribution is -0.137. The average Bonchev–Trinajstić information content (AvgIpc) is 3.35. The van der Waals surface area contributed by atoms with Gasteiger partial charge in [0.05, 0.1) is 18.3 Å². The molecule has 4 nitrogen and oxygen atoms in total. The first-order chi connectivity index (χ1) is 14.4. The molecule has 4 atom stereocenters. The standard InChI is InChI=1S/C23H33F3N2O2/c24-23(25,26)20-2-1-3-21(14-20)28-9-7-27(8-10-28)15-22(29)16-30-11-6-19-13-17-4-5-18(19)12-17/h1-3,14,17-19,22,29H,4-13,15-16H2/t17-,18-,19-,22+/m1/s1. The van der Waals surface area contributed by atoms with Crippen LogP contribution in [0.4, 0.5) is 18.9 Å². The van der Waals surface area contributed by atoms with Crippen LogP contribution in [0.25, 0.3) is 0 Å². The molecule has 7 heteroatoms. The quantitative estimate of drug-likeness (QED) is 0.637. The topological polar surface area (TPSA) is 35.9 Å². The van der Waals surface area contributed by atoms with E-state index >= 15 is 0 Å². The van der Waals surface area contributed by atoms with Crippen LogP contribution in [-0.4, -0.2) is 62.0 Å². The van der Waals surface area contributed by atoms with Gasteiger partial charge >= 0.3 is 6.18 Å². The summed E-state index contributed by atoms with van der Waals surface area (Å²) in [5.74, 6) is 2.70. The van der Waals surface area contributed by atoms with Gasteiger partial charge in [-0.25, -0.2) is 0 Å². The van der Waals surface area contributed by atoms with Crippen molar-refractivity contribution in [1.29, 1.82) is 0 Å². The summed E-state index contributed by atoms with van der Waals surface area (Å²) in [6.07, 6.45) is 1.87. The van der Waals surface area contributed by atoms with E-state index in [0.717, 1.165) is 49.9 Å². The Labute approximate surface area is 177 Å². The number of hydrogen-bond donors (Lipinski definition) is 1. The summed E-state index contributed by atoms with van der Waals surface area (Å²) in [7, 11) is 0. The highest BCUT2D eigenvalue weighted by Crippen LogP contribution is 2.49. The minimum absolute atomic E-state index is 0.356. The monoisotopic (exact) mass is 426 g/mol. The molecular weight excluding hydrogens is 393 g/mol. The van der Waals surface area contributed by atoms with Crippen molar-refractivity contribution < 1.29 is 23.0 Å². The van der Waals surface area contributed by atoms with Crippen LogP contribution in [0, 0.1) is 17.8 Å². The molecule has 3 aliphatic rings. The van der Waals surface area contributed by atoms with Crippen molar-refractivity contribution in [3.8, 4) is 0 Å². The summed E-state index contributed by atoms with van der Waals surface area (Å²) in [5.41, 5.74) is -0.00518. The highest BCUT2D eigenvalue weighted by atomic mass is 19.4. The van der Waals surface area contributed by atoms with Gasteiger partial charge in [-0.1, -0.05) is 12.5 Å². The minimum Gasteiger partial charge on any atom is -0.389 e. The van der Waals surface area contributed by atoms with Gasteiger partial charge in [0.2, 0.25) is 0 Å². The largest absolute Gasteiger partial charge is 0.416 e. The third-order valence-electron chi connectivity index (χ3n) is 7.21. The Morgan fingerprint density at radius 1 is 1.10 bits per heavy atom. The van der Waals surface area contributed by atoms with Crippen molar-refractivity contribution in [3.05, 3.63) is 29.8 Å². The van der Waals surface area contributed by atoms with Gasteiger partial charge < -0.3 is 14.7 Å². The Morgan fingerprint density at radius 2 is 1.90 bits per heavy atom. The van der Waals surface area contributed by atoms with Crippen LogP contribution in [0.3, 0.4) is 0 Å². The number of benzene rings is 1. The van der Waals surface area contributed by atoms with E-state index in [1.165, 1.54) is 37.8 Å². The molecule has 1 aromatic rings. The fourth-order valence-electron chi connectivity index (χ4n) is 5.60. The molecule has 0 spiro atoms. The molecule has 2 aliphatic carbocycles. The van der Waals surface area contributed by atoms with Crippen molar-refractivity contribution in [2.24, 2.45) is 17.8 Å². The molecule has 3 fully saturated rings.